The summed E-state index contributed by atoms with van der Waals surface area (Å²) < 4.78 is 11.7. The van der Waals surface area contributed by atoms with Crippen LogP contribution >= 0.6 is 11.3 Å². The Morgan fingerprint density at radius 3 is 2.96 bits per heavy atom. The SMILES string of the molecule is COc1cccc(CNC(=O)c2cnc3sc(N4CCOCC4)nn3c2=O)c1. The Labute approximate surface area is 164 Å². The summed E-state index contributed by atoms with van der Waals surface area (Å²) in [4.78, 5) is 32.0. The van der Waals surface area contributed by atoms with Gasteiger partial charge in [-0.3, -0.25) is 9.59 Å². The van der Waals surface area contributed by atoms with Gasteiger partial charge in [-0.25, -0.2) is 4.98 Å². The zero-order valence-corrected chi connectivity index (χ0v) is 16.1. The van der Waals surface area contributed by atoms with Crippen molar-refractivity contribution in [2.24, 2.45) is 0 Å². The molecule has 1 saturated heterocycles. The summed E-state index contributed by atoms with van der Waals surface area (Å²) in [5.74, 6) is 0.212. The lowest BCUT2D eigenvalue weighted by atomic mass is 10.2. The molecule has 10 heteroatoms. The molecule has 0 aliphatic carbocycles. The molecule has 2 aromatic heterocycles. The quantitative estimate of drug-likeness (QED) is 0.679. The van der Waals surface area contributed by atoms with Crippen molar-refractivity contribution in [3.8, 4) is 5.75 Å². The van der Waals surface area contributed by atoms with E-state index < -0.39 is 11.5 Å². The van der Waals surface area contributed by atoms with Crippen LogP contribution in [0.4, 0.5) is 5.13 Å². The highest BCUT2D eigenvalue weighted by atomic mass is 32.1. The molecule has 3 heterocycles. The maximum absolute atomic E-state index is 12.7. The van der Waals surface area contributed by atoms with E-state index in [1.54, 1.807) is 7.11 Å². The number of hydrogen-bond donors (Lipinski definition) is 1. The first-order valence-corrected chi connectivity index (χ1v) is 9.60. The minimum atomic E-state index is -0.490. The molecule has 4 rings (SSSR count). The van der Waals surface area contributed by atoms with Crippen molar-refractivity contribution in [3.05, 3.63) is 51.9 Å². The third-order valence-electron chi connectivity index (χ3n) is 4.39. The van der Waals surface area contributed by atoms with E-state index in [2.05, 4.69) is 15.4 Å². The minimum Gasteiger partial charge on any atom is -0.497 e. The summed E-state index contributed by atoms with van der Waals surface area (Å²) >= 11 is 1.32. The number of amides is 1. The second kappa shape index (κ2) is 7.95. The van der Waals surface area contributed by atoms with Gasteiger partial charge in [0.1, 0.15) is 11.3 Å². The number of anilines is 1. The Hall–Kier alpha value is -2.98. The van der Waals surface area contributed by atoms with Gasteiger partial charge < -0.3 is 19.7 Å². The maximum atomic E-state index is 12.7. The Morgan fingerprint density at radius 2 is 2.18 bits per heavy atom. The van der Waals surface area contributed by atoms with E-state index in [1.165, 1.54) is 22.0 Å². The highest BCUT2D eigenvalue weighted by Crippen LogP contribution is 2.22. The summed E-state index contributed by atoms with van der Waals surface area (Å²) in [6.07, 6.45) is 1.31. The fourth-order valence-electron chi connectivity index (χ4n) is 2.87. The molecule has 0 bridgehead atoms. The Balaban J connectivity index is 1.53. The lowest BCUT2D eigenvalue weighted by Gasteiger charge is -2.25. The second-order valence-electron chi connectivity index (χ2n) is 6.19. The van der Waals surface area contributed by atoms with Crippen molar-refractivity contribution < 1.29 is 14.3 Å². The third kappa shape index (κ3) is 3.69. The molecule has 1 N–H and O–H groups in total. The van der Waals surface area contributed by atoms with E-state index >= 15 is 0 Å². The van der Waals surface area contributed by atoms with Gasteiger partial charge in [-0.1, -0.05) is 23.5 Å². The lowest BCUT2D eigenvalue weighted by Crippen LogP contribution is -2.36. The van der Waals surface area contributed by atoms with Gasteiger partial charge in [0.2, 0.25) is 10.1 Å². The first-order chi connectivity index (χ1) is 13.7. The van der Waals surface area contributed by atoms with Crippen LogP contribution in [0.15, 0.2) is 35.3 Å². The predicted molar refractivity (Wildman–Crippen MR) is 104 cm³/mol. The standard InChI is InChI=1S/C18H19N5O4S/c1-26-13-4-2-3-12(9-13)10-19-15(24)14-11-20-17-23(16(14)25)21-18(28-17)22-5-7-27-8-6-22/h2-4,9,11H,5-8,10H2,1H3,(H,19,24). The number of rotatable bonds is 5. The van der Waals surface area contributed by atoms with Crippen molar-refractivity contribution in [2.45, 2.75) is 6.54 Å². The number of nitrogens with zero attached hydrogens (tertiary/aromatic N) is 4. The number of morpholine rings is 1. The molecule has 0 spiro atoms. The molecule has 0 saturated carbocycles. The number of benzene rings is 1. The average molecular weight is 401 g/mol. The van der Waals surface area contributed by atoms with Crippen LogP contribution in [-0.2, 0) is 11.3 Å². The average Bonchev–Trinajstić information content (AvgIpc) is 3.18. The lowest BCUT2D eigenvalue weighted by molar-refractivity contribution is 0.0948. The van der Waals surface area contributed by atoms with Crippen LogP contribution in [0.2, 0.25) is 0 Å². The predicted octanol–water partition coefficient (Wildman–Crippen LogP) is 0.926. The van der Waals surface area contributed by atoms with Crippen LogP contribution in [0.3, 0.4) is 0 Å². The molecular formula is C18H19N5O4S. The molecule has 3 aromatic rings. The molecule has 0 atom stereocenters. The Morgan fingerprint density at radius 1 is 1.36 bits per heavy atom. The van der Waals surface area contributed by atoms with Crippen LogP contribution in [-0.4, -0.2) is 53.9 Å². The number of fused-ring (bicyclic) bond motifs is 1. The van der Waals surface area contributed by atoms with Gasteiger partial charge in [0.25, 0.3) is 11.5 Å². The number of ether oxygens (including phenoxy) is 2. The van der Waals surface area contributed by atoms with Gasteiger partial charge >= 0.3 is 0 Å². The van der Waals surface area contributed by atoms with Crippen molar-refractivity contribution in [1.29, 1.82) is 0 Å². The molecule has 146 valence electrons. The molecule has 1 aromatic carbocycles. The molecule has 1 fully saturated rings. The first-order valence-electron chi connectivity index (χ1n) is 8.78. The van der Waals surface area contributed by atoms with Gasteiger partial charge in [-0.2, -0.15) is 4.52 Å². The maximum Gasteiger partial charge on any atom is 0.288 e. The number of carbonyl (C=O) groups is 1. The minimum absolute atomic E-state index is 0.0424. The van der Waals surface area contributed by atoms with Crippen LogP contribution in [0.25, 0.3) is 4.96 Å². The molecule has 28 heavy (non-hydrogen) atoms. The van der Waals surface area contributed by atoms with Crippen molar-refractivity contribution in [2.75, 3.05) is 38.3 Å². The van der Waals surface area contributed by atoms with Gasteiger partial charge in [0.05, 0.1) is 20.3 Å². The molecule has 1 amide bonds. The molecule has 1 aliphatic heterocycles. The summed E-state index contributed by atoms with van der Waals surface area (Å²) in [5, 5.41) is 7.79. The number of hydrogen-bond acceptors (Lipinski definition) is 8. The Kier molecular flexibility index (Phi) is 5.22. The highest BCUT2D eigenvalue weighted by Gasteiger charge is 2.19. The fraction of sp³-hybridized carbons (Fsp3) is 0.333. The summed E-state index contributed by atoms with van der Waals surface area (Å²) in [6.45, 7) is 2.94. The summed E-state index contributed by atoms with van der Waals surface area (Å²) in [7, 11) is 1.58. The number of carbonyl (C=O) groups excluding carboxylic acids is 1. The van der Waals surface area contributed by atoms with Crippen LogP contribution in [0.1, 0.15) is 15.9 Å². The van der Waals surface area contributed by atoms with Crippen molar-refractivity contribution >= 4 is 27.3 Å². The number of methoxy groups -OCH3 is 1. The van der Waals surface area contributed by atoms with Crippen molar-refractivity contribution in [3.63, 3.8) is 0 Å². The normalized spacial score (nSPS) is 14.2. The van der Waals surface area contributed by atoms with Gasteiger partial charge in [-0.15, -0.1) is 5.10 Å². The van der Waals surface area contributed by atoms with E-state index in [1.807, 2.05) is 29.2 Å². The van der Waals surface area contributed by atoms with Crippen LogP contribution in [0, 0.1) is 0 Å². The van der Waals surface area contributed by atoms with E-state index in [0.29, 0.717) is 42.1 Å². The Bertz CT molecular complexity index is 1060. The number of nitrogens with one attached hydrogen (secondary N) is 1. The topological polar surface area (TPSA) is 98.1 Å². The molecule has 0 radical (unpaired) electrons. The largest absolute Gasteiger partial charge is 0.497 e. The molecule has 9 nitrogen and oxygen atoms in total. The molecule has 1 aliphatic rings. The van der Waals surface area contributed by atoms with Gasteiger partial charge in [0, 0.05) is 25.8 Å². The highest BCUT2D eigenvalue weighted by molar-refractivity contribution is 7.20. The van der Waals surface area contributed by atoms with E-state index in [4.69, 9.17) is 9.47 Å². The zero-order chi connectivity index (χ0) is 19.5. The monoisotopic (exact) mass is 401 g/mol. The van der Waals surface area contributed by atoms with Crippen LogP contribution in [0.5, 0.6) is 5.75 Å². The molecule has 0 unspecified atom stereocenters. The summed E-state index contributed by atoms with van der Waals surface area (Å²) in [5.41, 5.74) is 0.341. The van der Waals surface area contributed by atoms with Crippen molar-refractivity contribution in [1.82, 2.24) is 19.9 Å². The fourth-order valence-corrected chi connectivity index (χ4v) is 3.79. The van der Waals surface area contributed by atoms with Gasteiger partial charge in [-0.05, 0) is 17.7 Å². The van der Waals surface area contributed by atoms with E-state index in [0.717, 1.165) is 5.56 Å². The summed E-state index contributed by atoms with van der Waals surface area (Å²) in [6, 6.07) is 7.35. The zero-order valence-electron chi connectivity index (χ0n) is 15.3. The third-order valence-corrected chi connectivity index (χ3v) is 5.37. The van der Waals surface area contributed by atoms with Crippen LogP contribution < -0.4 is 20.5 Å². The van der Waals surface area contributed by atoms with E-state index in [9.17, 15) is 9.59 Å². The van der Waals surface area contributed by atoms with Gasteiger partial charge in [0.15, 0.2) is 0 Å². The number of aromatic nitrogens is 3. The van der Waals surface area contributed by atoms with E-state index in [-0.39, 0.29) is 12.1 Å². The smallest absolute Gasteiger partial charge is 0.288 e. The first kappa shape index (κ1) is 18.4. The molecular weight excluding hydrogens is 382 g/mol. The second-order valence-corrected chi connectivity index (χ2v) is 7.12.